The smallest absolute Gasteiger partial charge is 0.408 e. The number of carbonyl (C=O) groups is 2. The molecule has 2 heterocycles. The van der Waals surface area contributed by atoms with Crippen LogP contribution in [0.3, 0.4) is 0 Å². The van der Waals surface area contributed by atoms with Crippen LogP contribution in [0.1, 0.15) is 77.5 Å². The Morgan fingerprint density at radius 3 is 2.51 bits per heavy atom. The Hall–Kier alpha value is -4.87. The zero-order valence-corrected chi connectivity index (χ0v) is 27.3. The topological polar surface area (TPSA) is 90.6 Å². The second kappa shape index (κ2) is 17.7. The molecule has 47 heavy (non-hydrogen) atoms. The number of hydrogen-bond donors (Lipinski definition) is 2. The standard InChI is InChI=1S/C39H45N5O3/c1-2-3-5-10-31-16-18-35(19-17-31)38(45)44(36-20-25-43(26-21-36)29-37-40-23-24-41-37)28-34-14-8-13-32(27-34)15-9-22-42-39(46)47-30-33-11-6-4-7-12-33/h4,6-8,11-14,16-19,23-24,27,36H,2-3,5,10,20-22,25-26,28-30H2,1H3,(H,40,41)(H,42,46). The van der Waals surface area contributed by atoms with Crippen LogP contribution >= 0.6 is 0 Å². The highest BCUT2D eigenvalue weighted by molar-refractivity contribution is 5.94. The second-order valence-corrected chi connectivity index (χ2v) is 12.0. The molecule has 0 atom stereocenters. The molecule has 0 saturated carbocycles. The Balaban J connectivity index is 1.22. The van der Waals surface area contributed by atoms with E-state index in [2.05, 4.69) is 51.1 Å². The van der Waals surface area contributed by atoms with Crippen molar-refractivity contribution >= 4 is 12.0 Å². The van der Waals surface area contributed by atoms with Gasteiger partial charge in [-0.3, -0.25) is 9.69 Å². The van der Waals surface area contributed by atoms with Crippen molar-refractivity contribution in [1.29, 1.82) is 0 Å². The van der Waals surface area contributed by atoms with Crippen LogP contribution in [0.4, 0.5) is 4.79 Å². The van der Waals surface area contributed by atoms with Crippen molar-refractivity contribution in [3.05, 3.63) is 125 Å². The lowest BCUT2D eigenvalue weighted by atomic mass is 9.99. The second-order valence-electron chi connectivity index (χ2n) is 12.0. The lowest BCUT2D eigenvalue weighted by Crippen LogP contribution is -2.47. The number of H-pyrrole nitrogens is 1. The Kier molecular flexibility index (Phi) is 12.6. The molecule has 4 aromatic rings. The van der Waals surface area contributed by atoms with Gasteiger partial charge in [0.05, 0.1) is 13.1 Å². The van der Waals surface area contributed by atoms with Crippen LogP contribution in [0.15, 0.2) is 91.3 Å². The molecule has 0 radical (unpaired) electrons. The van der Waals surface area contributed by atoms with Crippen LogP contribution in [0.25, 0.3) is 0 Å². The van der Waals surface area contributed by atoms with E-state index in [1.807, 2.05) is 77.8 Å². The van der Waals surface area contributed by atoms with Crippen molar-refractivity contribution in [2.24, 2.45) is 0 Å². The number of rotatable bonds is 13. The number of amides is 2. The Morgan fingerprint density at radius 2 is 1.77 bits per heavy atom. The number of carbonyl (C=O) groups excluding carboxylic acids is 2. The van der Waals surface area contributed by atoms with Crippen molar-refractivity contribution in [3.8, 4) is 11.8 Å². The number of nitrogens with zero attached hydrogens (tertiary/aromatic N) is 3. The van der Waals surface area contributed by atoms with Gasteiger partial charge in [0.2, 0.25) is 0 Å². The summed E-state index contributed by atoms with van der Waals surface area (Å²) in [6, 6.07) is 25.9. The first kappa shape index (κ1) is 33.5. The maximum absolute atomic E-state index is 14.1. The van der Waals surface area contributed by atoms with Crippen molar-refractivity contribution in [1.82, 2.24) is 25.1 Å². The summed E-state index contributed by atoms with van der Waals surface area (Å²) in [6.45, 7) is 5.68. The van der Waals surface area contributed by atoms with Gasteiger partial charge in [0.15, 0.2) is 0 Å². The molecule has 0 unspecified atom stereocenters. The number of likely N-dealkylation sites (tertiary alicyclic amines) is 1. The minimum absolute atomic E-state index is 0.0595. The van der Waals surface area contributed by atoms with E-state index in [1.165, 1.54) is 24.8 Å². The third-order valence-electron chi connectivity index (χ3n) is 8.50. The molecule has 3 aromatic carbocycles. The zero-order chi connectivity index (χ0) is 32.7. The summed E-state index contributed by atoms with van der Waals surface area (Å²) in [7, 11) is 0. The van der Waals surface area contributed by atoms with Gasteiger partial charge in [0.1, 0.15) is 12.4 Å². The molecule has 0 spiro atoms. The van der Waals surface area contributed by atoms with Crippen LogP contribution in [0.2, 0.25) is 0 Å². The first-order valence-corrected chi connectivity index (χ1v) is 16.7. The molecule has 2 N–H and O–H groups in total. The van der Waals surface area contributed by atoms with E-state index in [0.29, 0.717) is 6.54 Å². The number of aromatic amines is 1. The third-order valence-corrected chi connectivity index (χ3v) is 8.50. The number of hydrogen-bond acceptors (Lipinski definition) is 5. The van der Waals surface area contributed by atoms with Crippen molar-refractivity contribution in [3.63, 3.8) is 0 Å². The summed E-state index contributed by atoms with van der Waals surface area (Å²) in [5.74, 6) is 7.18. The molecule has 2 amide bonds. The number of piperidine rings is 1. The number of imidazole rings is 1. The van der Waals surface area contributed by atoms with Gasteiger partial charge in [0, 0.05) is 49.2 Å². The molecule has 1 saturated heterocycles. The third kappa shape index (κ3) is 10.6. The molecule has 1 aromatic heterocycles. The molecule has 244 valence electrons. The summed E-state index contributed by atoms with van der Waals surface area (Å²) in [4.78, 5) is 38.2. The number of benzene rings is 3. The van der Waals surface area contributed by atoms with E-state index in [1.54, 1.807) is 6.20 Å². The molecular formula is C39H45N5O3. The fraction of sp³-hybridized carbons (Fsp3) is 0.359. The van der Waals surface area contributed by atoms with Gasteiger partial charge < -0.3 is 19.9 Å². The van der Waals surface area contributed by atoms with E-state index in [9.17, 15) is 9.59 Å². The predicted octanol–water partition coefficient (Wildman–Crippen LogP) is 6.73. The number of alkyl carbamates (subject to hydrolysis) is 1. The van der Waals surface area contributed by atoms with Gasteiger partial charge in [-0.05, 0) is 66.6 Å². The largest absolute Gasteiger partial charge is 0.445 e. The molecule has 0 aliphatic carbocycles. The van der Waals surface area contributed by atoms with Gasteiger partial charge in [-0.2, -0.15) is 0 Å². The number of unbranched alkanes of at least 4 members (excludes halogenated alkanes) is 2. The summed E-state index contributed by atoms with van der Waals surface area (Å²) in [5, 5.41) is 2.68. The van der Waals surface area contributed by atoms with Gasteiger partial charge >= 0.3 is 6.09 Å². The molecule has 8 nitrogen and oxygen atoms in total. The Labute approximate surface area is 278 Å². The summed E-state index contributed by atoms with van der Waals surface area (Å²) in [5.41, 5.74) is 4.78. The van der Waals surface area contributed by atoms with E-state index >= 15 is 0 Å². The number of ether oxygens (including phenoxy) is 1. The van der Waals surface area contributed by atoms with Gasteiger partial charge in [-0.25, -0.2) is 9.78 Å². The van der Waals surface area contributed by atoms with E-state index in [0.717, 1.165) is 67.0 Å². The highest BCUT2D eigenvalue weighted by Crippen LogP contribution is 2.23. The van der Waals surface area contributed by atoms with Crippen molar-refractivity contribution in [2.45, 2.75) is 71.2 Å². The fourth-order valence-electron chi connectivity index (χ4n) is 5.89. The Morgan fingerprint density at radius 1 is 0.979 bits per heavy atom. The summed E-state index contributed by atoms with van der Waals surface area (Å²) < 4.78 is 5.26. The fourth-order valence-corrected chi connectivity index (χ4v) is 5.89. The van der Waals surface area contributed by atoms with Crippen LogP contribution < -0.4 is 5.32 Å². The molecule has 0 bridgehead atoms. The first-order valence-electron chi connectivity index (χ1n) is 16.7. The highest BCUT2D eigenvalue weighted by Gasteiger charge is 2.29. The van der Waals surface area contributed by atoms with Gasteiger partial charge in [0.25, 0.3) is 5.91 Å². The monoisotopic (exact) mass is 631 g/mol. The maximum Gasteiger partial charge on any atom is 0.408 e. The average molecular weight is 632 g/mol. The van der Waals surface area contributed by atoms with E-state index in [4.69, 9.17) is 4.74 Å². The molecular weight excluding hydrogens is 586 g/mol. The molecule has 5 rings (SSSR count). The molecule has 8 heteroatoms. The Bertz CT molecular complexity index is 1600. The van der Waals surface area contributed by atoms with E-state index < -0.39 is 6.09 Å². The zero-order valence-electron chi connectivity index (χ0n) is 27.3. The molecule has 1 aliphatic rings. The molecule has 1 aliphatic heterocycles. The van der Waals surface area contributed by atoms with E-state index in [-0.39, 0.29) is 25.1 Å². The van der Waals surface area contributed by atoms with Crippen LogP contribution in [-0.2, 0) is 30.9 Å². The lowest BCUT2D eigenvalue weighted by molar-refractivity contribution is 0.0540. The van der Waals surface area contributed by atoms with Gasteiger partial charge in [-0.1, -0.05) is 86.2 Å². The normalized spacial score (nSPS) is 13.4. The summed E-state index contributed by atoms with van der Waals surface area (Å²) in [6.07, 6.45) is 9.55. The quantitative estimate of drug-likeness (QED) is 0.126. The van der Waals surface area contributed by atoms with Crippen LogP contribution in [0, 0.1) is 11.8 Å². The predicted molar refractivity (Wildman–Crippen MR) is 184 cm³/mol. The SMILES string of the molecule is CCCCCc1ccc(C(=O)N(Cc2cccc(C#CCNC(=O)OCc3ccccc3)c2)C2CCN(Cc3ncc[nH]3)CC2)cc1. The first-order chi connectivity index (χ1) is 23.1. The van der Waals surface area contributed by atoms with Crippen molar-refractivity contribution < 1.29 is 14.3 Å². The minimum Gasteiger partial charge on any atom is -0.445 e. The van der Waals surface area contributed by atoms with Crippen LogP contribution in [0.5, 0.6) is 0 Å². The molecule has 1 fully saturated rings. The highest BCUT2D eigenvalue weighted by atomic mass is 16.5. The summed E-state index contributed by atoms with van der Waals surface area (Å²) >= 11 is 0. The van der Waals surface area contributed by atoms with Gasteiger partial charge in [-0.15, -0.1) is 0 Å². The lowest BCUT2D eigenvalue weighted by Gasteiger charge is -2.38. The number of nitrogens with one attached hydrogen (secondary N) is 2. The minimum atomic E-state index is -0.504. The van der Waals surface area contributed by atoms with Crippen molar-refractivity contribution in [2.75, 3.05) is 19.6 Å². The number of aromatic nitrogens is 2. The maximum atomic E-state index is 14.1. The van der Waals surface area contributed by atoms with Crippen LogP contribution in [-0.4, -0.2) is 57.4 Å². The average Bonchev–Trinajstić information content (AvgIpc) is 3.62. The number of aryl methyl sites for hydroxylation is 1.